The van der Waals surface area contributed by atoms with E-state index < -0.39 is 0 Å². The fraction of sp³-hybridized carbons (Fsp3) is 0.0645. The molecule has 7 aromatic rings. The number of hydrogen-bond donors (Lipinski definition) is 0. The molecule has 1 aromatic carbocycles. The average Bonchev–Trinajstić information content (AvgIpc) is 3.65. The molecule has 6 aromatic heterocycles. The van der Waals surface area contributed by atoms with Crippen LogP contribution in [0.4, 0.5) is 0 Å². The van der Waals surface area contributed by atoms with Crippen LogP contribution in [0.1, 0.15) is 11.6 Å². The zero-order chi connectivity index (χ0) is 25.5. The molecular weight excluding hydrogens is 486 g/mol. The molecule has 0 saturated heterocycles. The van der Waals surface area contributed by atoms with E-state index in [0.717, 1.165) is 66.3 Å². The number of allylic oxidation sites excluding steroid dienone is 1. The first-order valence-electron chi connectivity index (χ1n) is 12.8. The molecule has 0 bridgehead atoms. The average molecular weight is 506 g/mol. The van der Waals surface area contributed by atoms with Gasteiger partial charge < -0.3 is 13.9 Å². The summed E-state index contributed by atoms with van der Waals surface area (Å²) in [6, 6.07) is 14.4. The first kappa shape index (κ1) is 20.7. The van der Waals surface area contributed by atoms with Gasteiger partial charge in [0.25, 0.3) is 0 Å². The van der Waals surface area contributed by atoms with Crippen molar-refractivity contribution < 1.29 is 4.74 Å². The molecule has 2 atom stereocenters. The summed E-state index contributed by atoms with van der Waals surface area (Å²) in [6.07, 6.45) is 18.6. The summed E-state index contributed by atoms with van der Waals surface area (Å²) in [5, 5.41) is 4.28. The molecular formula is C31H19N7O. The van der Waals surface area contributed by atoms with Crippen molar-refractivity contribution in [3.8, 4) is 11.4 Å². The maximum absolute atomic E-state index is 6.63. The second-order valence-electron chi connectivity index (χ2n) is 9.84. The van der Waals surface area contributed by atoms with Gasteiger partial charge in [-0.05, 0) is 48.5 Å². The van der Waals surface area contributed by atoms with Crippen LogP contribution in [0.5, 0.6) is 5.75 Å². The van der Waals surface area contributed by atoms with Crippen molar-refractivity contribution >= 4 is 55.5 Å². The van der Waals surface area contributed by atoms with E-state index in [1.165, 1.54) is 0 Å². The van der Waals surface area contributed by atoms with E-state index >= 15 is 0 Å². The van der Waals surface area contributed by atoms with Crippen molar-refractivity contribution in [3.63, 3.8) is 0 Å². The fourth-order valence-electron chi connectivity index (χ4n) is 6.24. The number of aromatic nitrogens is 6. The van der Waals surface area contributed by atoms with Crippen LogP contribution in [-0.2, 0) is 0 Å². The third-order valence-corrected chi connectivity index (χ3v) is 7.89. The van der Waals surface area contributed by atoms with Crippen LogP contribution in [0.3, 0.4) is 0 Å². The van der Waals surface area contributed by atoms with Gasteiger partial charge in [-0.15, -0.1) is 0 Å². The minimum atomic E-state index is -0.257. The van der Waals surface area contributed by atoms with Gasteiger partial charge in [0.2, 0.25) is 0 Å². The van der Waals surface area contributed by atoms with Crippen LogP contribution in [0.25, 0.3) is 55.0 Å². The number of dihydropyridines is 1. The Morgan fingerprint density at radius 3 is 1.72 bits per heavy atom. The third kappa shape index (κ3) is 2.74. The molecule has 8 heteroatoms. The molecule has 0 fully saturated rings. The largest absolute Gasteiger partial charge is 0.481 e. The van der Waals surface area contributed by atoms with E-state index in [2.05, 4.69) is 53.3 Å². The lowest BCUT2D eigenvalue weighted by Gasteiger charge is -2.24. The second-order valence-corrected chi connectivity index (χ2v) is 9.84. The summed E-state index contributed by atoms with van der Waals surface area (Å²) in [7, 11) is 0. The zero-order valence-corrected chi connectivity index (χ0v) is 20.5. The van der Waals surface area contributed by atoms with Gasteiger partial charge >= 0.3 is 0 Å². The highest BCUT2D eigenvalue weighted by molar-refractivity contribution is 6.10. The quantitative estimate of drug-likeness (QED) is 0.292. The van der Waals surface area contributed by atoms with Crippen molar-refractivity contribution in [2.24, 2.45) is 4.99 Å². The number of fused-ring (bicyclic) bond motifs is 9. The lowest BCUT2D eigenvalue weighted by atomic mass is 9.99. The first-order valence-corrected chi connectivity index (χ1v) is 12.8. The highest BCUT2D eigenvalue weighted by Gasteiger charge is 2.40. The lowest BCUT2D eigenvalue weighted by Crippen LogP contribution is -2.25. The molecule has 0 aliphatic carbocycles. The van der Waals surface area contributed by atoms with Crippen LogP contribution in [0.2, 0.25) is 0 Å². The summed E-state index contributed by atoms with van der Waals surface area (Å²) >= 11 is 0. The molecule has 2 aliphatic rings. The minimum Gasteiger partial charge on any atom is -0.481 e. The molecule has 0 spiro atoms. The predicted octanol–water partition coefficient (Wildman–Crippen LogP) is 5.90. The summed E-state index contributed by atoms with van der Waals surface area (Å²) in [5.41, 5.74) is 7.48. The Labute approximate surface area is 221 Å². The van der Waals surface area contributed by atoms with Gasteiger partial charge in [0.1, 0.15) is 11.8 Å². The van der Waals surface area contributed by atoms with Crippen LogP contribution in [0.15, 0.2) is 103 Å². The van der Waals surface area contributed by atoms with E-state index in [1.54, 1.807) is 0 Å². The monoisotopic (exact) mass is 505 g/mol. The molecule has 0 saturated carbocycles. The molecule has 0 amide bonds. The highest BCUT2D eigenvalue weighted by Crippen LogP contribution is 2.47. The molecule has 0 N–H and O–H groups in total. The number of rotatable bonds is 2. The zero-order valence-electron chi connectivity index (χ0n) is 20.5. The van der Waals surface area contributed by atoms with Crippen LogP contribution >= 0.6 is 0 Å². The van der Waals surface area contributed by atoms with Gasteiger partial charge in [0, 0.05) is 88.6 Å². The summed E-state index contributed by atoms with van der Waals surface area (Å²) in [6.45, 7) is 0. The van der Waals surface area contributed by atoms with Crippen LogP contribution in [-0.4, -0.2) is 41.4 Å². The fourth-order valence-corrected chi connectivity index (χ4v) is 6.24. The Balaban J connectivity index is 1.21. The van der Waals surface area contributed by atoms with Crippen LogP contribution in [0, 0.1) is 0 Å². The van der Waals surface area contributed by atoms with E-state index in [9.17, 15) is 0 Å². The Morgan fingerprint density at radius 2 is 1.15 bits per heavy atom. The van der Waals surface area contributed by atoms with Gasteiger partial charge in [0.15, 0.2) is 6.10 Å². The van der Waals surface area contributed by atoms with E-state index in [1.807, 2.05) is 80.1 Å². The van der Waals surface area contributed by atoms with Gasteiger partial charge in [-0.3, -0.25) is 24.9 Å². The van der Waals surface area contributed by atoms with E-state index in [4.69, 9.17) is 9.73 Å². The molecule has 9 rings (SSSR count). The van der Waals surface area contributed by atoms with Gasteiger partial charge in [0.05, 0.1) is 27.8 Å². The van der Waals surface area contributed by atoms with Crippen LogP contribution < -0.4 is 4.74 Å². The lowest BCUT2D eigenvalue weighted by molar-refractivity contribution is 0.261. The third-order valence-electron chi connectivity index (χ3n) is 7.89. The number of aliphatic imine (C=N–C) groups is 1. The number of hydrogen-bond acceptors (Lipinski definition) is 6. The Kier molecular flexibility index (Phi) is 4.02. The Morgan fingerprint density at radius 1 is 0.615 bits per heavy atom. The minimum absolute atomic E-state index is 0.160. The molecule has 8 heterocycles. The van der Waals surface area contributed by atoms with Crippen molar-refractivity contribution in [3.05, 3.63) is 104 Å². The van der Waals surface area contributed by atoms with E-state index in [-0.39, 0.29) is 12.1 Å². The smallest absolute Gasteiger partial charge is 0.165 e. The van der Waals surface area contributed by atoms with Gasteiger partial charge in [-0.1, -0.05) is 0 Å². The maximum atomic E-state index is 6.63. The molecule has 8 nitrogen and oxygen atoms in total. The molecule has 184 valence electrons. The second kappa shape index (κ2) is 7.58. The van der Waals surface area contributed by atoms with Crippen molar-refractivity contribution in [2.45, 2.75) is 12.1 Å². The topological polar surface area (TPSA) is 83.0 Å². The number of pyridine rings is 4. The standard InChI is InChI=1S/C31H19N7O/c1-2-29-19(13-18(1)37-24-3-8-32-14-20(24)21-15-33-9-4-25(21)37)30-31(39-29)28(7-12-36-30)38-26-5-10-34-16-22(26)23-17-35-11-6-27(23)38/h1-17,30-31H. The molecule has 0 radical (unpaired) electrons. The Hall–Kier alpha value is -5.37. The highest BCUT2D eigenvalue weighted by atomic mass is 16.5. The molecule has 2 aliphatic heterocycles. The number of benzene rings is 1. The normalized spacial score (nSPS) is 18.0. The molecule has 39 heavy (non-hydrogen) atoms. The van der Waals surface area contributed by atoms with Crippen molar-refractivity contribution in [2.75, 3.05) is 0 Å². The number of ether oxygens (including phenoxy) is 1. The summed E-state index contributed by atoms with van der Waals surface area (Å²) in [4.78, 5) is 22.4. The first-order chi connectivity index (χ1) is 19.4. The Bertz CT molecular complexity index is 2080. The van der Waals surface area contributed by atoms with Gasteiger partial charge in [-0.2, -0.15) is 0 Å². The van der Waals surface area contributed by atoms with Crippen molar-refractivity contribution in [1.29, 1.82) is 0 Å². The summed E-state index contributed by atoms with van der Waals surface area (Å²) in [5.74, 6) is 0.854. The number of nitrogens with zero attached hydrogens (tertiary/aromatic N) is 7. The van der Waals surface area contributed by atoms with Crippen molar-refractivity contribution in [1.82, 2.24) is 29.1 Å². The molecule has 2 unspecified atom stereocenters. The van der Waals surface area contributed by atoms with Gasteiger partial charge in [-0.25, -0.2) is 0 Å². The SMILES string of the molecule is C1=NC2c3cc(-n4c5ccncc5c5cnccc54)ccc3OC2C(n2c3ccncc3c3cnccc32)=C1. The van der Waals surface area contributed by atoms with E-state index in [0.29, 0.717) is 0 Å². The summed E-state index contributed by atoms with van der Waals surface area (Å²) < 4.78 is 11.2. The predicted molar refractivity (Wildman–Crippen MR) is 151 cm³/mol. The maximum Gasteiger partial charge on any atom is 0.165 e.